The van der Waals surface area contributed by atoms with Gasteiger partial charge in [-0.05, 0) is 37.8 Å². The quantitative estimate of drug-likeness (QED) is 0.225. The van der Waals surface area contributed by atoms with Crippen molar-refractivity contribution in [3.05, 3.63) is 41.4 Å². The van der Waals surface area contributed by atoms with E-state index in [4.69, 9.17) is 26.3 Å². The number of aromatic hydroxyl groups is 1. The van der Waals surface area contributed by atoms with Crippen LogP contribution in [0.4, 0.5) is 5.82 Å². The molecule has 4 rings (SSSR count). The molecule has 0 spiro atoms. The SMILES string of the molecule is CCN(CC)CC.Nc1ncnc2c1ncn2[C@@H]1O[C@H](COS(=O)(=O)NC(=O)c2cc(Cl)ccc2O)[C@@H](O)[C@H]1O. The summed E-state index contributed by atoms with van der Waals surface area (Å²) >= 11 is 5.75. The van der Waals surface area contributed by atoms with Crippen molar-refractivity contribution in [2.45, 2.75) is 45.3 Å². The first kappa shape index (κ1) is 31.4. The van der Waals surface area contributed by atoms with Gasteiger partial charge in [-0.1, -0.05) is 32.4 Å². The average molecular weight is 602 g/mol. The van der Waals surface area contributed by atoms with Gasteiger partial charge < -0.3 is 30.7 Å². The highest BCUT2D eigenvalue weighted by Gasteiger charge is 2.45. The van der Waals surface area contributed by atoms with Crippen LogP contribution in [-0.4, -0.2) is 98.6 Å². The normalized spacial score (nSPS) is 20.9. The number of nitrogens with one attached hydrogen (secondary N) is 1. The van der Waals surface area contributed by atoms with Crippen LogP contribution < -0.4 is 10.5 Å². The number of benzene rings is 1. The summed E-state index contributed by atoms with van der Waals surface area (Å²) in [4.78, 5) is 26.4. The Morgan fingerprint density at radius 2 is 1.85 bits per heavy atom. The lowest BCUT2D eigenvalue weighted by Gasteiger charge is -2.16. The average Bonchev–Trinajstić information content (AvgIpc) is 3.47. The van der Waals surface area contributed by atoms with Crippen LogP contribution >= 0.6 is 11.6 Å². The lowest BCUT2D eigenvalue weighted by molar-refractivity contribution is -0.0468. The van der Waals surface area contributed by atoms with Crippen molar-refractivity contribution in [2.75, 3.05) is 32.0 Å². The molecule has 0 aliphatic carbocycles. The number of hydrogen-bond acceptors (Lipinski definition) is 13. The molecule has 0 bridgehead atoms. The first-order valence-corrected chi connectivity index (χ1v) is 14.1. The number of rotatable bonds is 9. The van der Waals surface area contributed by atoms with Crippen molar-refractivity contribution in [1.82, 2.24) is 29.1 Å². The predicted octanol–water partition coefficient (Wildman–Crippen LogP) is 0.426. The molecule has 1 amide bonds. The molecular weight excluding hydrogens is 570 g/mol. The molecule has 0 saturated carbocycles. The van der Waals surface area contributed by atoms with Crippen molar-refractivity contribution in [1.29, 1.82) is 0 Å². The second-order valence-corrected chi connectivity index (χ2v) is 10.4. The summed E-state index contributed by atoms with van der Waals surface area (Å²) in [5.41, 5.74) is 5.81. The smallest absolute Gasteiger partial charge is 0.362 e. The van der Waals surface area contributed by atoms with Crippen LogP contribution in [0.3, 0.4) is 0 Å². The molecule has 1 aromatic carbocycles. The summed E-state index contributed by atoms with van der Waals surface area (Å²) in [6, 6.07) is 3.49. The van der Waals surface area contributed by atoms with Crippen LogP contribution in [0.1, 0.15) is 37.4 Å². The first-order chi connectivity index (χ1) is 18.9. The maximum Gasteiger partial charge on any atom is 0.362 e. The highest BCUT2D eigenvalue weighted by molar-refractivity contribution is 7.85. The highest BCUT2D eigenvalue weighted by atomic mass is 35.5. The number of ether oxygens (including phenoxy) is 1. The lowest BCUT2D eigenvalue weighted by atomic mass is 10.1. The van der Waals surface area contributed by atoms with E-state index in [-0.39, 0.29) is 22.0 Å². The Bertz CT molecular complexity index is 1410. The number of phenolic OH excluding ortho intramolecular Hbond substituents is 1. The van der Waals surface area contributed by atoms with Gasteiger partial charge in [-0.25, -0.2) is 19.7 Å². The molecule has 220 valence electrons. The second kappa shape index (κ2) is 13.5. The second-order valence-electron chi connectivity index (χ2n) is 8.58. The van der Waals surface area contributed by atoms with E-state index in [2.05, 4.69) is 40.6 Å². The largest absolute Gasteiger partial charge is 0.507 e. The lowest BCUT2D eigenvalue weighted by Crippen LogP contribution is -2.37. The molecular formula is C23H32ClN7O8S. The number of nitrogens with zero attached hydrogens (tertiary/aromatic N) is 5. The van der Waals surface area contributed by atoms with E-state index in [1.165, 1.54) is 42.9 Å². The molecule has 0 radical (unpaired) electrons. The topological polar surface area (TPSA) is 215 Å². The monoisotopic (exact) mass is 601 g/mol. The van der Waals surface area contributed by atoms with Gasteiger partial charge in [0.1, 0.15) is 35.9 Å². The van der Waals surface area contributed by atoms with Crippen molar-refractivity contribution >= 4 is 44.8 Å². The summed E-state index contributed by atoms with van der Waals surface area (Å²) < 4.78 is 37.5. The van der Waals surface area contributed by atoms with Crippen LogP contribution in [0.2, 0.25) is 5.02 Å². The number of amides is 1. The molecule has 15 nitrogen and oxygen atoms in total. The van der Waals surface area contributed by atoms with Crippen molar-refractivity contribution in [2.24, 2.45) is 0 Å². The maximum atomic E-state index is 12.2. The molecule has 1 fully saturated rings. The van der Waals surface area contributed by atoms with E-state index < -0.39 is 58.7 Å². The number of anilines is 1. The fourth-order valence-corrected chi connectivity index (χ4v) is 4.75. The number of imidazole rings is 1. The van der Waals surface area contributed by atoms with Gasteiger partial charge in [0.15, 0.2) is 17.7 Å². The molecule has 2 aromatic heterocycles. The number of aliphatic hydroxyl groups is 2. The van der Waals surface area contributed by atoms with Gasteiger partial charge in [0.2, 0.25) is 0 Å². The molecule has 1 aliphatic rings. The number of fused-ring (bicyclic) bond motifs is 1. The molecule has 40 heavy (non-hydrogen) atoms. The zero-order valence-electron chi connectivity index (χ0n) is 22.0. The van der Waals surface area contributed by atoms with Gasteiger partial charge in [-0.3, -0.25) is 13.5 Å². The molecule has 17 heteroatoms. The number of nitrogens with two attached hydrogens (primary N) is 1. The fourth-order valence-electron chi connectivity index (χ4n) is 3.87. The van der Waals surface area contributed by atoms with Crippen LogP contribution in [0, 0.1) is 0 Å². The Morgan fingerprint density at radius 3 is 2.48 bits per heavy atom. The minimum Gasteiger partial charge on any atom is -0.507 e. The molecule has 0 unspecified atom stereocenters. The van der Waals surface area contributed by atoms with E-state index in [9.17, 15) is 28.5 Å². The minimum absolute atomic E-state index is 0.0952. The maximum absolute atomic E-state index is 12.2. The van der Waals surface area contributed by atoms with E-state index in [1.807, 2.05) is 0 Å². The number of carbonyl (C=O) groups is 1. The number of aliphatic hydroxyl groups excluding tert-OH is 2. The van der Waals surface area contributed by atoms with Crippen LogP contribution in [0.15, 0.2) is 30.9 Å². The predicted molar refractivity (Wildman–Crippen MR) is 145 cm³/mol. The van der Waals surface area contributed by atoms with E-state index >= 15 is 0 Å². The van der Waals surface area contributed by atoms with Gasteiger partial charge in [-0.2, -0.15) is 8.42 Å². The Hall–Kier alpha value is -3.12. The summed E-state index contributed by atoms with van der Waals surface area (Å²) in [7, 11) is -4.68. The number of phenols is 1. The van der Waals surface area contributed by atoms with E-state index in [0.29, 0.717) is 0 Å². The zero-order valence-corrected chi connectivity index (χ0v) is 23.6. The minimum atomic E-state index is -4.68. The third kappa shape index (κ3) is 7.34. The molecule has 3 aromatic rings. The molecule has 4 atom stereocenters. The number of halogens is 1. The number of aromatic nitrogens is 4. The van der Waals surface area contributed by atoms with Gasteiger partial charge in [-0.15, -0.1) is 0 Å². The van der Waals surface area contributed by atoms with Crippen LogP contribution in [-0.2, 0) is 19.2 Å². The third-order valence-corrected chi connectivity index (χ3v) is 7.27. The standard InChI is InChI=1S/C17H17ClN6O8S.C6H15N/c18-7-1-2-9(25)8(3-7)16(28)23-33(29,30)31-4-10-12(26)13(27)17(32-10)24-6-22-11-14(19)20-5-21-15(11)24;1-4-7(5-2)6-3/h1-3,5-6,10,12-13,17,25-27H,4H2,(H,23,28)(H2,19,20,21);4-6H2,1-3H3/t10-,12-,13-,17-;/m1./s1. The van der Waals surface area contributed by atoms with Crippen molar-refractivity contribution in [3.63, 3.8) is 0 Å². The van der Waals surface area contributed by atoms with Crippen LogP contribution in [0.5, 0.6) is 5.75 Å². The van der Waals surface area contributed by atoms with Crippen LogP contribution in [0.25, 0.3) is 11.2 Å². The zero-order chi connectivity index (χ0) is 29.6. The Labute approximate surface area is 235 Å². The number of hydrogen-bond donors (Lipinski definition) is 5. The summed E-state index contributed by atoms with van der Waals surface area (Å²) in [5, 5.41) is 30.5. The van der Waals surface area contributed by atoms with Gasteiger partial charge in [0, 0.05) is 5.02 Å². The van der Waals surface area contributed by atoms with Crippen molar-refractivity contribution in [3.8, 4) is 5.75 Å². The van der Waals surface area contributed by atoms with E-state index in [1.54, 1.807) is 4.72 Å². The summed E-state index contributed by atoms with van der Waals surface area (Å²) in [6.07, 6.45) is -3.07. The summed E-state index contributed by atoms with van der Waals surface area (Å²) in [6.45, 7) is 9.38. The molecule has 3 heterocycles. The Balaban J connectivity index is 0.000000559. The number of nitrogen functional groups attached to an aromatic ring is 1. The van der Waals surface area contributed by atoms with Crippen molar-refractivity contribution < 1.29 is 37.5 Å². The third-order valence-electron chi connectivity index (χ3n) is 6.15. The molecule has 6 N–H and O–H groups in total. The van der Waals surface area contributed by atoms with Gasteiger partial charge in [0.25, 0.3) is 5.91 Å². The van der Waals surface area contributed by atoms with E-state index in [0.717, 1.165) is 12.1 Å². The summed E-state index contributed by atoms with van der Waals surface area (Å²) in [5.74, 6) is -1.59. The molecule has 1 aliphatic heterocycles. The van der Waals surface area contributed by atoms with Gasteiger partial charge >= 0.3 is 10.3 Å². The Kier molecular flexibility index (Phi) is 10.6. The number of carbonyl (C=O) groups excluding carboxylic acids is 1. The molecule has 1 saturated heterocycles. The Morgan fingerprint density at radius 1 is 1.18 bits per heavy atom. The highest BCUT2D eigenvalue weighted by Crippen LogP contribution is 2.32. The van der Waals surface area contributed by atoms with Gasteiger partial charge in [0.05, 0.1) is 18.5 Å². The first-order valence-electron chi connectivity index (χ1n) is 12.3. The fraction of sp³-hybridized carbons (Fsp3) is 0.478.